The molecule has 2 aromatic heterocycles. The SMILES string of the molecule is CC(=O)OCc1c(C)n(CC2C[C@@H]2C)c2c(OCc3ccc(F)cc3)nncc12. The topological polar surface area (TPSA) is 66.2 Å². The van der Waals surface area contributed by atoms with E-state index in [4.69, 9.17) is 9.47 Å². The summed E-state index contributed by atoms with van der Waals surface area (Å²) < 4.78 is 26.6. The van der Waals surface area contributed by atoms with Crippen molar-refractivity contribution in [3.63, 3.8) is 0 Å². The van der Waals surface area contributed by atoms with Crippen molar-refractivity contribution in [2.45, 2.75) is 47.0 Å². The molecule has 152 valence electrons. The van der Waals surface area contributed by atoms with Crippen LogP contribution in [0.4, 0.5) is 4.39 Å². The van der Waals surface area contributed by atoms with Gasteiger partial charge in [-0.15, -0.1) is 5.10 Å². The van der Waals surface area contributed by atoms with Gasteiger partial charge < -0.3 is 14.0 Å². The van der Waals surface area contributed by atoms with Crippen LogP contribution in [0.25, 0.3) is 10.9 Å². The molecule has 0 aliphatic heterocycles. The predicted molar refractivity (Wildman–Crippen MR) is 106 cm³/mol. The number of nitrogens with zero attached hydrogens (tertiary/aromatic N) is 3. The predicted octanol–water partition coefficient (Wildman–Crippen LogP) is 4.18. The zero-order valence-electron chi connectivity index (χ0n) is 16.8. The molecule has 2 atom stereocenters. The number of carbonyl (C=O) groups excluding carboxylic acids is 1. The van der Waals surface area contributed by atoms with Crippen LogP contribution in [-0.4, -0.2) is 20.7 Å². The Bertz CT molecular complexity index is 1050. The highest BCUT2D eigenvalue weighted by molar-refractivity contribution is 5.88. The highest BCUT2D eigenvalue weighted by atomic mass is 19.1. The molecule has 1 aromatic carbocycles. The summed E-state index contributed by atoms with van der Waals surface area (Å²) in [6, 6.07) is 6.18. The molecule has 1 unspecified atom stereocenters. The van der Waals surface area contributed by atoms with Crippen molar-refractivity contribution in [1.29, 1.82) is 0 Å². The molecule has 2 heterocycles. The summed E-state index contributed by atoms with van der Waals surface area (Å²) in [6.07, 6.45) is 2.89. The van der Waals surface area contributed by atoms with Crippen molar-refractivity contribution in [3.8, 4) is 5.88 Å². The number of fused-ring (bicyclic) bond motifs is 1. The van der Waals surface area contributed by atoms with Crippen LogP contribution in [0, 0.1) is 24.6 Å². The number of hydrogen-bond donors (Lipinski definition) is 0. The maximum Gasteiger partial charge on any atom is 0.302 e. The minimum Gasteiger partial charge on any atom is -0.470 e. The van der Waals surface area contributed by atoms with Crippen molar-refractivity contribution in [2.24, 2.45) is 11.8 Å². The van der Waals surface area contributed by atoms with Crippen molar-refractivity contribution in [3.05, 3.63) is 53.1 Å². The van der Waals surface area contributed by atoms with Crippen molar-refractivity contribution >= 4 is 16.9 Å². The quantitative estimate of drug-likeness (QED) is 0.560. The summed E-state index contributed by atoms with van der Waals surface area (Å²) in [5, 5.41) is 9.20. The lowest BCUT2D eigenvalue weighted by Crippen LogP contribution is -2.07. The van der Waals surface area contributed by atoms with Crippen LogP contribution in [0.5, 0.6) is 5.88 Å². The van der Waals surface area contributed by atoms with E-state index in [2.05, 4.69) is 21.7 Å². The molecule has 0 amide bonds. The van der Waals surface area contributed by atoms with E-state index in [1.807, 2.05) is 6.92 Å². The van der Waals surface area contributed by atoms with Gasteiger partial charge in [0.1, 0.15) is 24.5 Å². The van der Waals surface area contributed by atoms with E-state index in [1.165, 1.54) is 25.5 Å². The van der Waals surface area contributed by atoms with Gasteiger partial charge in [0.25, 0.3) is 5.88 Å². The average molecular weight is 397 g/mol. The van der Waals surface area contributed by atoms with Crippen LogP contribution in [0.2, 0.25) is 0 Å². The average Bonchev–Trinajstić information content (AvgIpc) is 3.32. The molecule has 6 nitrogen and oxygen atoms in total. The highest BCUT2D eigenvalue weighted by Crippen LogP contribution is 2.41. The Morgan fingerprint density at radius 2 is 2.00 bits per heavy atom. The smallest absolute Gasteiger partial charge is 0.302 e. The molecule has 0 saturated heterocycles. The van der Waals surface area contributed by atoms with Crippen molar-refractivity contribution < 1.29 is 18.7 Å². The zero-order chi connectivity index (χ0) is 20.5. The second kappa shape index (κ2) is 7.81. The summed E-state index contributed by atoms with van der Waals surface area (Å²) in [7, 11) is 0. The van der Waals surface area contributed by atoms with E-state index in [0.717, 1.165) is 34.3 Å². The normalized spacial score (nSPS) is 18.1. The zero-order valence-corrected chi connectivity index (χ0v) is 16.8. The Morgan fingerprint density at radius 1 is 1.28 bits per heavy atom. The maximum atomic E-state index is 13.1. The number of aromatic nitrogens is 3. The second-order valence-corrected chi connectivity index (χ2v) is 7.76. The van der Waals surface area contributed by atoms with E-state index in [1.54, 1.807) is 18.3 Å². The molecule has 0 bridgehead atoms. The molecule has 7 heteroatoms. The standard InChI is InChI=1S/C22H24FN3O3/c1-13-8-17(13)10-26-14(2)20(12-28-15(3)27)19-9-24-25-22(21(19)26)29-11-16-4-6-18(23)7-5-16/h4-7,9,13,17H,8,10-12H2,1-3H3/t13-,17?/m0/s1. The van der Waals surface area contributed by atoms with Gasteiger partial charge in [-0.1, -0.05) is 19.1 Å². The minimum atomic E-state index is -0.323. The lowest BCUT2D eigenvalue weighted by atomic mass is 10.2. The van der Waals surface area contributed by atoms with Gasteiger partial charge in [-0.05, 0) is 42.9 Å². The number of esters is 1. The third-order valence-electron chi connectivity index (χ3n) is 5.63. The van der Waals surface area contributed by atoms with Gasteiger partial charge in [0, 0.05) is 30.1 Å². The Morgan fingerprint density at radius 3 is 2.66 bits per heavy atom. The molecule has 0 radical (unpaired) electrons. The van der Waals surface area contributed by atoms with Gasteiger partial charge >= 0.3 is 5.97 Å². The summed E-state index contributed by atoms with van der Waals surface area (Å²) in [4.78, 5) is 11.3. The lowest BCUT2D eigenvalue weighted by Gasteiger charge is -2.11. The molecule has 1 saturated carbocycles. The van der Waals surface area contributed by atoms with Crippen molar-refractivity contribution in [2.75, 3.05) is 0 Å². The number of carbonyl (C=O) groups is 1. The fraction of sp³-hybridized carbons (Fsp3) is 0.409. The van der Waals surface area contributed by atoms with E-state index < -0.39 is 0 Å². The first kappa shape index (κ1) is 19.4. The third-order valence-corrected chi connectivity index (χ3v) is 5.63. The number of halogens is 1. The van der Waals surface area contributed by atoms with Gasteiger partial charge in [0.2, 0.25) is 0 Å². The van der Waals surface area contributed by atoms with E-state index >= 15 is 0 Å². The highest BCUT2D eigenvalue weighted by Gasteiger charge is 2.34. The molecule has 0 N–H and O–H groups in total. The van der Waals surface area contributed by atoms with E-state index in [9.17, 15) is 9.18 Å². The number of rotatable bonds is 7. The molecule has 0 spiro atoms. The fourth-order valence-electron chi connectivity index (χ4n) is 3.67. The van der Waals surface area contributed by atoms with Crippen LogP contribution in [0.15, 0.2) is 30.5 Å². The van der Waals surface area contributed by atoms with Gasteiger partial charge in [-0.25, -0.2) is 4.39 Å². The van der Waals surface area contributed by atoms with Crippen LogP contribution in [0.3, 0.4) is 0 Å². The largest absolute Gasteiger partial charge is 0.470 e. The molecule has 1 aliphatic carbocycles. The maximum absolute atomic E-state index is 13.1. The Hall–Kier alpha value is -2.96. The molecule has 1 aliphatic rings. The van der Waals surface area contributed by atoms with Gasteiger partial charge in [0.15, 0.2) is 0 Å². The Balaban J connectivity index is 1.70. The molecule has 29 heavy (non-hydrogen) atoms. The van der Waals surface area contributed by atoms with Crippen LogP contribution >= 0.6 is 0 Å². The van der Waals surface area contributed by atoms with Gasteiger partial charge in [-0.2, -0.15) is 5.10 Å². The summed E-state index contributed by atoms with van der Waals surface area (Å²) in [5.41, 5.74) is 3.66. The number of benzene rings is 1. The summed E-state index contributed by atoms with van der Waals surface area (Å²) in [6.45, 7) is 6.98. The van der Waals surface area contributed by atoms with Crippen LogP contribution in [0.1, 0.15) is 37.1 Å². The van der Waals surface area contributed by atoms with Crippen LogP contribution < -0.4 is 4.74 Å². The van der Waals surface area contributed by atoms with E-state index in [-0.39, 0.29) is 25.0 Å². The van der Waals surface area contributed by atoms with E-state index in [0.29, 0.717) is 17.7 Å². The lowest BCUT2D eigenvalue weighted by molar-refractivity contribution is -0.142. The first-order valence-corrected chi connectivity index (χ1v) is 9.78. The number of hydrogen-bond acceptors (Lipinski definition) is 5. The van der Waals surface area contributed by atoms with Crippen LogP contribution in [-0.2, 0) is 29.3 Å². The molecule has 1 fully saturated rings. The monoisotopic (exact) mass is 397 g/mol. The Kier molecular flexibility index (Phi) is 5.22. The van der Waals surface area contributed by atoms with Crippen molar-refractivity contribution in [1.82, 2.24) is 14.8 Å². The first-order valence-electron chi connectivity index (χ1n) is 9.78. The fourth-order valence-corrected chi connectivity index (χ4v) is 3.67. The molecule has 4 rings (SSSR count). The van der Waals surface area contributed by atoms with Gasteiger partial charge in [0.05, 0.1) is 6.20 Å². The summed E-state index contributed by atoms with van der Waals surface area (Å²) in [5.74, 6) is 1.13. The number of ether oxygens (including phenoxy) is 2. The summed E-state index contributed by atoms with van der Waals surface area (Å²) >= 11 is 0. The minimum absolute atomic E-state index is 0.188. The molecular weight excluding hydrogens is 373 g/mol. The third kappa shape index (κ3) is 4.09. The molecule has 3 aromatic rings. The Labute approximate surface area is 168 Å². The second-order valence-electron chi connectivity index (χ2n) is 7.76. The van der Waals surface area contributed by atoms with Gasteiger partial charge in [-0.3, -0.25) is 4.79 Å². The first-order chi connectivity index (χ1) is 13.9. The molecular formula is C22H24FN3O3.